The first-order valence-electron chi connectivity index (χ1n) is 10.2. The number of fused-ring (bicyclic) bond motifs is 1. The van der Waals surface area contributed by atoms with Crippen molar-refractivity contribution in [2.75, 3.05) is 19.8 Å². The summed E-state index contributed by atoms with van der Waals surface area (Å²) < 4.78 is 54.0. The lowest BCUT2D eigenvalue weighted by Crippen LogP contribution is -2.37. The van der Waals surface area contributed by atoms with Gasteiger partial charge in [0.05, 0.1) is 29.2 Å². The van der Waals surface area contributed by atoms with Gasteiger partial charge in [-0.3, -0.25) is 0 Å². The lowest BCUT2D eigenvalue weighted by molar-refractivity contribution is 0.186. The van der Waals surface area contributed by atoms with E-state index >= 15 is 0 Å². The van der Waals surface area contributed by atoms with E-state index in [1.807, 2.05) is 0 Å². The first-order chi connectivity index (χ1) is 16.6. The molecule has 4 rings (SSSR count). The lowest BCUT2D eigenvalue weighted by Gasteiger charge is -2.18. The average molecular weight is 522 g/mol. The van der Waals surface area contributed by atoms with Crippen LogP contribution in [0, 0.1) is 0 Å². The Balaban J connectivity index is 2.04. The quantitative estimate of drug-likeness (QED) is 0.205. The van der Waals surface area contributed by atoms with Gasteiger partial charge in [0, 0.05) is 18.7 Å². The van der Waals surface area contributed by atoms with Crippen molar-refractivity contribution in [3.8, 4) is 11.1 Å². The van der Waals surface area contributed by atoms with E-state index in [9.17, 15) is 21.9 Å². The van der Waals surface area contributed by atoms with Gasteiger partial charge in [0.1, 0.15) is 15.6 Å². The number of aromatic nitrogens is 2. The number of aromatic amines is 1. The topological polar surface area (TPSA) is 244 Å². The Hall–Kier alpha value is -3.12. The van der Waals surface area contributed by atoms with Crippen LogP contribution in [0.1, 0.15) is 11.4 Å². The molecule has 35 heavy (non-hydrogen) atoms. The van der Waals surface area contributed by atoms with Crippen molar-refractivity contribution < 1.29 is 21.9 Å². The number of rotatable bonds is 9. The fraction of sp³-hybridized carbons (Fsp3) is 0.263. The van der Waals surface area contributed by atoms with E-state index < -0.39 is 42.5 Å². The number of nitrogens with two attached hydrogens (primary N) is 3. The number of aliphatic hydroxyl groups excluding tert-OH is 1. The molecule has 0 unspecified atom stereocenters. The number of primary sulfonamides is 1. The number of nitrogens with zero attached hydrogens (tertiary/aromatic N) is 4. The number of H-pyrrole nitrogens is 1. The Labute approximate surface area is 200 Å². The van der Waals surface area contributed by atoms with Gasteiger partial charge in [0.25, 0.3) is 0 Å². The number of azo groups is 1. The van der Waals surface area contributed by atoms with E-state index in [0.717, 1.165) is 6.07 Å². The zero-order valence-electron chi connectivity index (χ0n) is 18.2. The molecule has 0 saturated heterocycles. The summed E-state index contributed by atoms with van der Waals surface area (Å²) in [6.45, 7) is -0.567. The molecule has 9 N–H and O–H groups in total. The van der Waals surface area contributed by atoms with Crippen molar-refractivity contribution >= 4 is 36.9 Å². The molecule has 0 amide bonds. The van der Waals surface area contributed by atoms with E-state index in [4.69, 9.17) is 16.6 Å². The van der Waals surface area contributed by atoms with Crippen LogP contribution in [0.2, 0.25) is 0 Å². The molecule has 3 aromatic rings. The van der Waals surface area contributed by atoms with Crippen molar-refractivity contribution in [1.29, 1.82) is 0 Å². The van der Waals surface area contributed by atoms with Crippen LogP contribution in [0.5, 0.6) is 0 Å². The highest BCUT2D eigenvalue weighted by atomic mass is 32.2. The SMILES string of the molecule is NCc1nc2c(-c3ccc(S(=O)(=O)NC[C@@H](O)CN)c(S(N)(=O)=O)c3C3=NCN=N3)cccc2[nH]1. The highest BCUT2D eigenvalue weighted by molar-refractivity contribution is 7.92. The highest BCUT2D eigenvalue weighted by Gasteiger charge is 2.33. The molecule has 16 heteroatoms. The monoisotopic (exact) mass is 521 g/mol. The molecule has 0 spiro atoms. The van der Waals surface area contributed by atoms with Gasteiger partial charge in [-0.05, 0) is 17.7 Å². The van der Waals surface area contributed by atoms with Crippen LogP contribution in [0.4, 0.5) is 0 Å². The molecular weight excluding hydrogens is 498 g/mol. The number of hydrogen-bond donors (Lipinski definition) is 6. The van der Waals surface area contributed by atoms with Crippen LogP contribution < -0.4 is 21.3 Å². The maximum atomic E-state index is 13.1. The normalized spacial score (nSPS) is 15.0. The Morgan fingerprint density at radius 2 is 1.89 bits per heavy atom. The largest absolute Gasteiger partial charge is 0.390 e. The van der Waals surface area contributed by atoms with Gasteiger partial charge in [-0.2, -0.15) is 5.11 Å². The molecular formula is C19H23N9O5S2. The third kappa shape index (κ3) is 4.85. The number of nitrogens with one attached hydrogen (secondary N) is 2. The average Bonchev–Trinajstić information content (AvgIpc) is 3.50. The number of benzene rings is 2. The molecule has 186 valence electrons. The molecule has 1 atom stereocenters. The molecule has 2 heterocycles. The van der Waals surface area contributed by atoms with Crippen LogP contribution >= 0.6 is 0 Å². The second-order valence-corrected chi connectivity index (χ2v) is 10.8. The maximum absolute atomic E-state index is 13.1. The van der Waals surface area contributed by atoms with E-state index in [1.165, 1.54) is 6.07 Å². The van der Waals surface area contributed by atoms with Crippen molar-refractivity contribution in [1.82, 2.24) is 14.7 Å². The van der Waals surface area contributed by atoms with Crippen LogP contribution in [0.15, 0.2) is 55.3 Å². The number of hydrogen-bond acceptors (Lipinski definition) is 11. The third-order valence-electron chi connectivity index (χ3n) is 5.19. The summed E-state index contributed by atoms with van der Waals surface area (Å²) in [5, 5.41) is 22.9. The van der Waals surface area contributed by atoms with Crippen LogP contribution in [0.3, 0.4) is 0 Å². The van der Waals surface area contributed by atoms with Gasteiger partial charge in [-0.1, -0.05) is 18.2 Å². The summed E-state index contributed by atoms with van der Waals surface area (Å²) in [6.07, 6.45) is -1.18. The first kappa shape index (κ1) is 25.0. The van der Waals surface area contributed by atoms with Gasteiger partial charge in [-0.15, -0.1) is 5.11 Å². The predicted molar refractivity (Wildman–Crippen MR) is 127 cm³/mol. The fourth-order valence-corrected chi connectivity index (χ4v) is 6.30. The van der Waals surface area contributed by atoms with E-state index in [1.54, 1.807) is 18.2 Å². The Morgan fingerprint density at radius 3 is 2.51 bits per heavy atom. The van der Waals surface area contributed by atoms with E-state index in [-0.39, 0.29) is 36.7 Å². The lowest BCUT2D eigenvalue weighted by atomic mass is 9.97. The number of sulfonamides is 2. The number of aliphatic hydroxyl groups is 1. The van der Waals surface area contributed by atoms with Crippen molar-refractivity contribution in [3.05, 3.63) is 41.7 Å². The van der Waals surface area contributed by atoms with Gasteiger partial charge in [0.2, 0.25) is 20.0 Å². The molecule has 0 radical (unpaired) electrons. The Morgan fingerprint density at radius 1 is 1.11 bits per heavy atom. The molecule has 1 aromatic heterocycles. The van der Waals surface area contributed by atoms with Gasteiger partial charge in [-0.25, -0.2) is 36.7 Å². The van der Waals surface area contributed by atoms with Crippen LogP contribution in [-0.2, 0) is 26.6 Å². The summed E-state index contributed by atoms with van der Waals surface area (Å²) in [6, 6.07) is 7.70. The zero-order valence-corrected chi connectivity index (χ0v) is 19.8. The smallest absolute Gasteiger partial charge is 0.242 e. The Kier molecular flexibility index (Phi) is 6.78. The molecule has 14 nitrogen and oxygen atoms in total. The number of para-hydroxylation sites is 1. The molecule has 2 aromatic carbocycles. The fourth-order valence-electron chi connectivity index (χ4n) is 3.63. The molecule has 0 bridgehead atoms. The van der Waals surface area contributed by atoms with E-state index in [0.29, 0.717) is 22.4 Å². The van der Waals surface area contributed by atoms with Crippen LogP contribution in [-0.4, -0.2) is 63.6 Å². The van der Waals surface area contributed by atoms with Gasteiger partial charge in [0.15, 0.2) is 12.5 Å². The zero-order chi connectivity index (χ0) is 25.4. The molecule has 1 aliphatic rings. The van der Waals surface area contributed by atoms with Crippen molar-refractivity contribution in [2.45, 2.75) is 22.4 Å². The minimum atomic E-state index is -4.65. The highest BCUT2D eigenvalue weighted by Crippen LogP contribution is 2.37. The standard InChI is InChI=1S/C19H23N9O5S2/c20-6-10(29)8-25-35(32,33)14-5-4-11(12-2-1-3-13-17(12)27-15(7-21)26-13)16(18(14)34(22,30)31)19-23-9-24-28-19/h1-5,10,25,29H,6-9,20-21H2,(H,26,27)(H2,22,30,31)/t10-/m0/s1. The van der Waals surface area contributed by atoms with E-state index in [2.05, 4.69) is 29.9 Å². The summed E-state index contributed by atoms with van der Waals surface area (Å²) >= 11 is 0. The number of imidazole rings is 1. The molecule has 0 fully saturated rings. The molecule has 0 saturated carbocycles. The second-order valence-electron chi connectivity index (χ2n) is 7.56. The van der Waals surface area contributed by atoms with Crippen molar-refractivity contribution in [3.63, 3.8) is 0 Å². The Bertz CT molecular complexity index is 1560. The molecule has 1 aliphatic heterocycles. The maximum Gasteiger partial charge on any atom is 0.242 e. The minimum Gasteiger partial charge on any atom is -0.390 e. The molecule has 0 aliphatic carbocycles. The van der Waals surface area contributed by atoms with Gasteiger partial charge < -0.3 is 21.6 Å². The second kappa shape index (κ2) is 9.50. The number of amidine groups is 1. The van der Waals surface area contributed by atoms with Gasteiger partial charge >= 0.3 is 0 Å². The summed E-state index contributed by atoms with van der Waals surface area (Å²) in [7, 11) is -9.11. The number of aliphatic imine (C=N–C) groups is 1. The summed E-state index contributed by atoms with van der Waals surface area (Å²) in [5.74, 6) is 0.398. The van der Waals surface area contributed by atoms with Crippen molar-refractivity contribution in [2.24, 2.45) is 31.8 Å². The minimum absolute atomic E-state index is 0.0688. The predicted octanol–water partition coefficient (Wildman–Crippen LogP) is -0.896. The third-order valence-corrected chi connectivity index (χ3v) is 7.78. The first-order valence-corrected chi connectivity index (χ1v) is 13.3. The van der Waals surface area contributed by atoms with Crippen LogP contribution in [0.25, 0.3) is 22.2 Å². The summed E-state index contributed by atoms with van der Waals surface area (Å²) in [5.41, 5.74) is 12.8. The summed E-state index contributed by atoms with van der Waals surface area (Å²) in [4.78, 5) is 10.3.